The first-order valence-corrected chi connectivity index (χ1v) is 6.29. The number of rotatable bonds is 1. The Hall–Kier alpha value is -2.30. The number of carbonyl (C=O) groups is 2. The zero-order chi connectivity index (χ0) is 14.5. The Kier molecular flexibility index (Phi) is 4.40. The molecule has 3 N–H and O–H groups in total. The first-order chi connectivity index (χ1) is 9.70. The van der Waals surface area contributed by atoms with Crippen LogP contribution in [0.25, 0.3) is 0 Å². The molecule has 102 valence electrons. The number of benzene rings is 2. The van der Waals surface area contributed by atoms with E-state index in [1.54, 1.807) is 48.5 Å². The van der Waals surface area contributed by atoms with Gasteiger partial charge in [-0.1, -0.05) is 48.5 Å². The fraction of sp³-hybridized carbons (Fsp3) is 0.125. The van der Waals surface area contributed by atoms with Gasteiger partial charge in [-0.2, -0.15) is 0 Å². The van der Waals surface area contributed by atoms with E-state index >= 15 is 0 Å². The predicted molar refractivity (Wildman–Crippen MR) is 75.9 cm³/mol. The number of aliphatic hydroxyl groups is 1. The predicted octanol–water partition coefficient (Wildman–Crippen LogP) is 1.40. The number of fused-ring (bicyclic) bond motifs is 2. The van der Waals surface area contributed by atoms with Gasteiger partial charge in [-0.3, -0.25) is 9.59 Å². The van der Waals surface area contributed by atoms with Crippen LogP contribution in [0, 0.1) is 0 Å². The Labute approximate surface area is 116 Å². The monoisotopic (exact) mass is 269 g/mol. The number of nitrogens with two attached hydrogens (primary N) is 1. The number of ketones is 2. The van der Waals surface area contributed by atoms with Crippen LogP contribution >= 0.6 is 0 Å². The molecule has 1 aliphatic carbocycles. The summed E-state index contributed by atoms with van der Waals surface area (Å²) in [6.07, 6.45) is 0. The van der Waals surface area contributed by atoms with Crippen molar-refractivity contribution in [1.82, 2.24) is 0 Å². The van der Waals surface area contributed by atoms with E-state index < -0.39 is 0 Å². The van der Waals surface area contributed by atoms with Crippen LogP contribution < -0.4 is 5.73 Å². The fourth-order valence-corrected chi connectivity index (χ4v) is 2.05. The molecule has 0 saturated heterocycles. The Balaban J connectivity index is 0.000000328. The molecule has 0 aliphatic heterocycles. The maximum absolute atomic E-state index is 12.1. The molecule has 4 heteroatoms. The zero-order valence-corrected chi connectivity index (χ0v) is 10.9. The SMILES string of the molecule is NCCO.O=C1c2ccccc2C(=O)c2ccccc21. The second kappa shape index (κ2) is 6.23. The average molecular weight is 269 g/mol. The van der Waals surface area contributed by atoms with Gasteiger partial charge in [0.05, 0.1) is 6.61 Å². The summed E-state index contributed by atoms with van der Waals surface area (Å²) in [5.41, 5.74) is 6.80. The molecule has 0 aromatic heterocycles. The van der Waals surface area contributed by atoms with Gasteiger partial charge in [-0.25, -0.2) is 0 Å². The third-order valence-electron chi connectivity index (χ3n) is 2.96. The molecule has 0 radical (unpaired) electrons. The van der Waals surface area contributed by atoms with Crippen molar-refractivity contribution in [3.05, 3.63) is 70.8 Å². The van der Waals surface area contributed by atoms with Gasteiger partial charge in [-0.15, -0.1) is 0 Å². The molecule has 4 nitrogen and oxygen atoms in total. The van der Waals surface area contributed by atoms with Crippen LogP contribution in [0.1, 0.15) is 31.8 Å². The summed E-state index contributed by atoms with van der Waals surface area (Å²) in [6.45, 7) is 0.472. The molecular weight excluding hydrogens is 254 g/mol. The molecule has 2 aromatic carbocycles. The standard InChI is InChI=1S/C14H8O2.C2H7NO/c15-13-9-5-1-2-6-10(9)14(16)12-8-4-3-7-11(12)13;3-1-2-4/h1-8H;4H,1-3H2. The average Bonchev–Trinajstić information content (AvgIpc) is 2.53. The highest BCUT2D eigenvalue weighted by Crippen LogP contribution is 2.26. The lowest BCUT2D eigenvalue weighted by Gasteiger charge is -2.16. The van der Waals surface area contributed by atoms with Crippen molar-refractivity contribution in [3.8, 4) is 0 Å². The summed E-state index contributed by atoms with van der Waals surface area (Å²) in [6, 6.07) is 13.9. The number of hydrogen-bond acceptors (Lipinski definition) is 4. The van der Waals surface area contributed by atoms with Gasteiger partial charge in [0.1, 0.15) is 0 Å². The Bertz CT molecular complexity index is 542. The van der Waals surface area contributed by atoms with Gasteiger partial charge in [0.25, 0.3) is 0 Å². The fourth-order valence-electron chi connectivity index (χ4n) is 2.05. The van der Waals surface area contributed by atoms with Crippen molar-refractivity contribution in [2.24, 2.45) is 5.73 Å². The summed E-state index contributed by atoms with van der Waals surface area (Å²) in [7, 11) is 0. The summed E-state index contributed by atoms with van der Waals surface area (Å²) in [5, 5.41) is 7.75. The molecule has 0 heterocycles. The zero-order valence-electron chi connectivity index (χ0n) is 10.9. The minimum Gasteiger partial charge on any atom is -0.395 e. The number of carbonyl (C=O) groups excluding carboxylic acids is 2. The summed E-state index contributed by atoms with van der Waals surface area (Å²) in [4.78, 5) is 24.2. The quantitative estimate of drug-likeness (QED) is 0.699. The van der Waals surface area contributed by atoms with Crippen molar-refractivity contribution in [3.63, 3.8) is 0 Å². The molecule has 1 aliphatic rings. The van der Waals surface area contributed by atoms with Gasteiger partial charge in [0.15, 0.2) is 11.6 Å². The highest BCUT2D eigenvalue weighted by atomic mass is 16.3. The molecular formula is C16H15NO3. The van der Waals surface area contributed by atoms with E-state index in [1.807, 2.05) is 0 Å². The number of hydrogen-bond donors (Lipinski definition) is 2. The maximum Gasteiger partial charge on any atom is 0.194 e. The molecule has 0 unspecified atom stereocenters. The van der Waals surface area contributed by atoms with Crippen LogP contribution in [0.4, 0.5) is 0 Å². The van der Waals surface area contributed by atoms with E-state index in [9.17, 15) is 9.59 Å². The first-order valence-electron chi connectivity index (χ1n) is 6.29. The Morgan fingerprint density at radius 1 is 0.750 bits per heavy atom. The van der Waals surface area contributed by atoms with Crippen LogP contribution in [0.3, 0.4) is 0 Å². The second-order valence-corrected chi connectivity index (χ2v) is 4.26. The second-order valence-electron chi connectivity index (χ2n) is 4.26. The molecule has 3 rings (SSSR count). The van der Waals surface area contributed by atoms with Crippen molar-refractivity contribution in [2.45, 2.75) is 0 Å². The van der Waals surface area contributed by atoms with Crippen molar-refractivity contribution < 1.29 is 14.7 Å². The summed E-state index contributed by atoms with van der Waals surface area (Å²) < 4.78 is 0. The normalized spacial score (nSPS) is 12.1. The molecule has 0 atom stereocenters. The van der Waals surface area contributed by atoms with Crippen LogP contribution in [0.5, 0.6) is 0 Å². The Morgan fingerprint density at radius 3 is 1.20 bits per heavy atom. The van der Waals surface area contributed by atoms with E-state index in [1.165, 1.54) is 0 Å². The van der Waals surface area contributed by atoms with Crippen LogP contribution in [-0.4, -0.2) is 29.8 Å². The first kappa shape index (κ1) is 14.1. The van der Waals surface area contributed by atoms with Crippen LogP contribution in [0.2, 0.25) is 0 Å². The highest BCUT2D eigenvalue weighted by Gasteiger charge is 2.28. The lowest BCUT2D eigenvalue weighted by Crippen LogP contribution is -2.20. The molecule has 2 aromatic rings. The molecule has 20 heavy (non-hydrogen) atoms. The van der Waals surface area contributed by atoms with E-state index in [2.05, 4.69) is 0 Å². The summed E-state index contributed by atoms with van der Waals surface area (Å²) >= 11 is 0. The molecule has 0 fully saturated rings. The molecule has 0 spiro atoms. The van der Waals surface area contributed by atoms with E-state index in [0.717, 1.165) is 0 Å². The van der Waals surface area contributed by atoms with Crippen LogP contribution in [-0.2, 0) is 0 Å². The van der Waals surface area contributed by atoms with Crippen molar-refractivity contribution >= 4 is 11.6 Å². The summed E-state index contributed by atoms with van der Waals surface area (Å²) in [5.74, 6) is -0.128. The van der Waals surface area contributed by atoms with Crippen molar-refractivity contribution in [1.29, 1.82) is 0 Å². The molecule has 0 saturated carbocycles. The van der Waals surface area contributed by atoms with E-state index in [-0.39, 0.29) is 18.2 Å². The minimum absolute atomic E-state index is 0.0641. The van der Waals surface area contributed by atoms with Crippen LogP contribution in [0.15, 0.2) is 48.5 Å². The van der Waals surface area contributed by atoms with Crippen molar-refractivity contribution in [2.75, 3.05) is 13.2 Å². The van der Waals surface area contributed by atoms with E-state index in [0.29, 0.717) is 28.8 Å². The number of aliphatic hydroxyl groups excluding tert-OH is 1. The van der Waals surface area contributed by atoms with E-state index in [4.69, 9.17) is 10.8 Å². The lowest BCUT2D eigenvalue weighted by molar-refractivity contribution is 0.0979. The topological polar surface area (TPSA) is 80.4 Å². The van der Waals surface area contributed by atoms with Gasteiger partial charge in [0, 0.05) is 28.8 Å². The third-order valence-corrected chi connectivity index (χ3v) is 2.96. The van der Waals surface area contributed by atoms with Gasteiger partial charge in [0.2, 0.25) is 0 Å². The Morgan fingerprint density at radius 2 is 1.00 bits per heavy atom. The van der Waals surface area contributed by atoms with Gasteiger partial charge >= 0.3 is 0 Å². The third kappa shape index (κ3) is 2.52. The molecule has 0 bridgehead atoms. The molecule has 0 amide bonds. The van der Waals surface area contributed by atoms with Gasteiger partial charge < -0.3 is 10.8 Å². The largest absolute Gasteiger partial charge is 0.395 e. The van der Waals surface area contributed by atoms with Gasteiger partial charge in [-0.05, 0) is 0 Å². The highest BCUT2D eigenvalue weighted by molar-refractivity contribution is 6.28. The maximum atomic E-state index is 12.1. The lowest BCUT2D eigenvalue weighted by atomic mass is 9.84. The minimum atomic E-state index is -0.0641. The smallest absolute Gasteiger partial charge is 0.194 e.